The summed E-state index contributed by atoms with van der Waals surface area (Å²) < 4.78 is 4.97. The molecule has 17 heavy (non-hydrogen) atoms. The molecule has 0 saturated carbocycles. The number of furan rings is 1. The molecule has 0 aliphatic rings. The van der Waals surface area contributed by atoms with Gasteiger partial charge in [0.2, 0.25) is 0 Å². The highest BCUT2D eigenvalue weighted by Gasteiger charge is 1.91. The molecule has 0 aliphatic heterocycles. The maximum Gasteiger partial charge on any atom is 0.330 e. The van der Waals surface area contributed by atoms with E-state index in [0.717, 1.165) is 11.8 Å². The van der Waals surface area contributed by atoms with E-state index in [1.807, 2.05) is 0 Å². The van der Waals surface area contributed by atoms with Gasteiger partial charge in [-0.2, -0.15) is 0 Å². The highest BCUT2D eigenvalue weighted by molar-refractivity contribution is 5.84. The Kier molecular flexibility index (Phi) is 6.85. The largest absolute Gasteiger partial charge is 0.478 e. The first kappa shape index (κ1) is 14.7. The molecule has 0 fully saturated rings. The lowest BCUT2D eigenvalue weighted by atomic mass is 10.3. The first-order valence-corrected chi connectivity index (χ1v) is 4.74. The molecule has 1 heterocycles. The van der Waals surface area contributed by atoms with Gasteiger partial charge in [0.25, 0.3) is 0 Å². The van der Waals surface area contributed by atoms with Crippen molar-refractivity contribution in [3.05, 3.63) is 48.5 Å². The second-order valence-electron chi connectivity index (χ2n) is 3.11. The fraction of sp³-hybridized carbons (Fsp3) is 0.167. The van der Waals surface area contributed by atoms with Gasteiger partial charge in [0.1, 0.15) is 5.76 Å². The summed E-state index contributed by atoms with van der Waals surface area (Å²) in [5.41, 5.74) is 0.176. The predicted molar refractivity (Wildman–Crippen MR) is 61.6 cm³/mol. The van der Waals surface area contributed by atoms with E-state index in [-0.39, 0.29) is 5.57 Å². The fourth-order valence-electron chi connectivity index (χ4n) is 0.705. The Balaban J connectivity index is 0.000000366. The van der Waals surface area contributed by atoms with E-state index >= 15 is 0 Å². The minimum atomic E-state index is -0.935. The van der Waals surface area contributed by atoms with E-state index < -0.39 is 11.9 Å². The summed E-state index contributed by atoms with van der Waals surface area (Å²) in [6.45, 7) is 4.60. The molecule has 5 heteroatoms. The van der Waals surface area contributed by atoms with Gasteiger partial charge in [-0.15, -0.1) is 0 Å². The lowest BCUT2D eigenvalue weighted by Gasteiger charge is -1.84. The van der Waals surface area contributed by atoms with Crippen LogP contribution in [0.15, 0.2) is 47.1 Å². The minimum absolute atomic E-state index is 0.176. The van der Waals surface area contributed by atoms with Crippen LogP contribution in [0.3, 0.4) is 0 Å². The Morgan fingerprint density at radius 3 is 2.41 bits per heavy atom. The third kappa shape index (κ3) is 8.68. The van der Waals surface area contributed by atoms with E-state index in [1.54, 1.807) is 24.5 Å². The molecule has 1 aromatic rings. The summed E-state index contributed by atoms with van der Waals surface area (Å²) in [5.74, 6) is -1.10. The molecule has 0 aliphatic carbocycles. The molecule has 0 bridgehead atoms. The van der Waals surface area contributed by atoms with Crippen LogP contribution >= 0.6 is 0 Å². The molecule has 5 nitrogen and oxygen atoms in total. The number of hydrogen-bond donors (Lipinski definition) is 2. The molecule has 0 spiro atoms. The van der Waals surface area contributed by atoms with Crippen molar-refractivity contribution in [1.29, 1.82) is 0 Å². The summed E-state index contributed by atoms with van der Waals surface area (Å²) in [6.07, 6.45) is 4.73. The number of aliphatic carboxylic acids is 2. The zero-order chi connectivity index (χ0) is 13.3. The molecule has 2 N–H and O–H groups in total. The molecular formula is C12H14O5. The smallest absolute Gasteiger partial charge is 0.330 e. The van der Waals surface area contributed by atoms with E-state index in [0.29, 0.717) is 6.42 Å². The van der Waals surface area contributed by atoms with Crippen LogP contribution in [-0.4, -0.2) is 22.2 Å². The van der Waals surface area contributed by atoms with Crippen LogP contribution in [0, 0.1) is 0 Å². The van der Waals surface area contributed by atoms with E-state index in [1.165, 1.54) is 6.92 Å². The maximum atomic E-state index is 10.0. The summed E-state index contributed by atoms with van der Waals surface area (Å²) in [4.78, 5) is 19.6. The zero-order valence-corrected chi connectivity index (χ0v) is 9.42. The molecule has 0 aromatic carbocycles. The number of carboxylic acids is 2. The molecule has 1 aromatic heterocycles. The second kappa shape index (κ2) is 7.92. The van der Waals surface area contributed by atoms with Crippen LogP contribution in [-0.2, 0) is 16.0 Å². The number of hydrogen-bond acceptors (Lipinski definition) is 3. The van der Waals surface area contributed by atoms with E-state index in [9.17, 15) is 9.59 Å². The average molecular weight is 238 g/mol. The van der Waals surface area contributed by atoms with Crippen molar-refractivity contribution in [2.45, 2.75) is 13.3 Å². The Labute approximate surface area is 98.7 Å². The normalized spacial score (nSPS) is 9.47. The van der Waals surface area contributed by atoms with Gasteiger partial charge >= 0.3 is 11.9 Å². The van der Waals surface area contributed by atoms with Crippen molar-refractivity contribution in [3.63, 3.8) is 0 Å². The summed E-state index contributed by atoms with van der Waals surface area (Å²) in [7, 11) is 0. The summed E-state index contributed by atoms with van der Waals surface area (Å²) in [5, 5.41) is 16.1. The Bertz CT molecular complexity index is 389. The number of allylic oxidation sites excluding steroid dienone is 1. The lowest BCUT2D eigenvalue weighted by molar-refractivity contribution is -0.133. The van der Waals surface area contributed by atoms with Crippen molar-refractivity contribution < 1.29 is 24.2 Å². The monoisotopic (exact) mass is 238 g/mol. The summed E-state index contributed by atoms with van der Waals surface area (Å²) >= 11 is 0. The first-order chi connectivity index (χ1) is 7.93. The maximum absolute atomic E-state index is 10.0. The molecule has 0 unspecified atom stereocenters. The Hall–Kier alpha value is -2.30. The first-order valence-electron chi connectivity index (χ1n) is 4.74. The van der Waals surface area contributed by atoms with Gasteiger partial charge in [-0.25, -0.2) is 9.59 Å². The standard InChI is InChI=1S/C8H8O3.C4H6O2/c9-8(10)5-1-3-7-4-2-6-11-7;1-3(2)4(5)6/h1-2,4-6H,3H2,(H,9,10);1H2,2H3,(H,5,6). The Morgan fingerprint density at radius 1 is 1.47 bits per heavy atom. The van der Waals surface area contributed by atoms with Gasteiger partial charge in [0.05, 0.1) is 6.26 Å². The number of carboxylic acid groups (broad SMARTS) is 2. The van der Waals surface area contributed by atoms with E-state index in [4.69, 9.17) is 14.6 Å². The molecule has 92 valence electrons. The van der Waals surface area contributed by atoms with Gasteiger partial charge in [-0.05, 0) is 19.1 Å². The van der Waals surface area contributed by atoms with Gasteiger partial charge < -0.3 is 14.6 Å². The Morgan fingerprint density at radius 2 is 2.06 bits per heavy atom. The molecule has 0 radical (unpaired) electrons. The van der Waals surface area contributed by atoms with Crippen LogP contribution in [0.5, 0.6) is 0 Å². The lowest BCUT2D eigenvalue weighted by Crippen LogP contribution is -1.92. The highest BCUT2D eigenvalue weighted by Crippen LogP contribution is 2.00. The van der Waals surface area contributed by atoms with Crippen LogP contribution in [0.1, 0.15) is 12.7 Å². The summed E-state index contributed by atoms with van der Waals surface area (Å²) in [6, 6.07) is 3.57. The molecule has 0 atom stereocenters. The van der Waals surface area contributed by atoms with Crippen molar-refractivity contribution in [3.8, 4) is 0 Å². The van der Waals surface area contributed by atoms with Gasteiger partial charge in [0.15, 0.2) is 0 Å². The van der Waals surface area contributed by atoms with Crippen LogP contribution in [0.25, 0.3) is 0 Å². The highest BCUT2D eigenvalue weighted by atomic mass is 16.4. The van der Waals surface area contributed by atoms with Crippen LogP contribution < -0.4 is 0 Å². The van der Waals surface area contributed by atoms with Crippen molar-refractivity contribution in [1.82, 2.24) is 0 Å². The zero-order valence-electron chi connectivity index (χ0n) is 9.42. The van der Waals surface area contributed by atoms with E-state index in [2.05, 4.69) is 6.58 Å². The molecule has 0 saturated heterocycles. The second-order valence-corrected chi connectivity index (χ2v) is 3.11. The fourth-order valence-corrected chi connectivity index (χ4v) is 0.705. The van der Waals surface area contributed by atoms with Crippen molar-refractivity contribution in [2.24, 2.45) is 0 Å². The van der Waals surface area contributed by atoms with Gasteiger partial charge in [0, 0.05) is 18.1 Å². The van der Waals surface area contributed by atoms with Crippen LogP contribution in [0.2, 0.25) is 0 Å². The molecule has 0 amide bonds. The average Bonchev–Trinajstić information content (AvgIpc) is 2.70. The predicted octanol–water partition coefficient (Wildman–Crippen LogP) is 2.11. The quantitative estimate of drug-likeness (QED) is 0.784. The number of carbonyl (C=O) groups is 2. The molecule has 1 rings (SSSR count). The molecular weight excluding hydrogens is 224 g/mol. The SMILES string of the molecule is C=C(C)C(=O)O.O=C(O)C=CCc1ccco1. The van der Waals surface area contributed by atoms with Gasteiger partial charge in [-0.1, -0.05) is 12.7 Å². The topological polar surface area (TPSA) is 87.7 Å². The third-order valence-corrected chi connectivity index (χ3v) is 1.52. The van der Waals surface area contributed by atoms with Crippen molar-refractivity contribution >= 4 is 11.9 Å². The number of rotatable bonds is 4. The third-order valence-electron chi connectivity index (χ3n) is 1.52. The van der Waals surface area contributed by atoms with Crippen LogP contribution in [0.4, 0.5) is 0 Å². The minimum Gasteiger partial charge on any atom is -0.478 e. The van der Waals surface area contributed by atoms with Crippen molar-refractivity contribution in [2.75, 3.05) is 0 Å². The van der Waals surface area contributed by atoms with Gasteiger partial charge in [-0.3, -0.25) is 0 Å².